The van der Waals surface area contributed by atoms with Crippen molar-refractivity contribution in [1.29, 1.82) is 0 Å². The number of carbonyl (C=O) groups excluding carboxylic acids is 1. The third-order valence-electron chi connectivity index (χ3n) is 7.00. The summed E-state index contributed by atoms with van der Waals surface area (Å²) in [5, 5.41) is 3.35. The topological polar surface area (TPSA) is 105 Å². The number of hydrogen-bond donors (Lipinski definition) is 2. The molecule has 0 aromatic heterocycles. The van der Waals surface area contributed by atoms with E-state index in [0.717, 1.165) is 22.5 Å². The lowest BCUT2D eigenvalue weighted by Gasteiger charge is -2.25. The fourth-order valence-corrected chi connectivity index (χ4v) is 5.95. The van der Waals surface area contributed by atoms with Gasteiger partial charge in [-0.25, -0.2) is 8.42 Å². The first kappa shape index (κ1) is 31.4. The summed E-state index contributed by atoms with van der Waals surface area (Å²) in [7, 11) is 1.84. The lowest BCUT2D eigenvalue weighted by molar-refractivity contribution is -0.143. The molecule has 8 nitrogen and oxygen atoms in total. The molecule has 226 valence electrons. The Kier molecular flexibility index (Phi) is 9.06. The molecule has 0 saturated carbocycles. The maximum atomic E-state index is 13.8. The molecule has 0 spiro atoms. The third-order valence-corrected chi connectivity index (χ3v) is 8.81. The zero-order valence-electron chi connectivity index (χ0n) is 25.8. The van der Waals surface area contributed by atoms with Crippen LogP contribution in [-0.2, 0) is 21.2 Å². The number of aryl methyl sites for hydroxylation is 1. The summed E-state index contributed by atoms with van der Waals surface area (Å²) >= 11 is 0. The van der Waals surface area contributed by atoms with Crippen LogP contribution < -0.4 is 25.6 Å². The summed E-state index contributed by atoms with van der Waals surface area (Å²) in [5.74, 6) is 0.135. The molecule has 0 amide bonds. The van der Waals surface area contributed by atoms with E-state index in [0.29, 0.717) is 29.4 Å². The van der Waals surface area contributed by atoms with Crippen LogP contribution in [0.4, 0.5) is 28.4 Å². The Morgan fingerprint density at radius 3 is 2.12 bits per heavy atom. The van der Waals surface area contributed by atoms with Gasteiger partial charge in [0.15, 0.2) is 0 Å². The number of esters is 1. The van der Waals surface area contributed by atoms with E-state index in [1.54, 1.807) is 42.5 Å². The zero-order valence-corrected chi connectivity index (χ0v) is 26.6. The number of carbonyl (C=O) groups is 1. The van der Waals surface area contributed by atoms with Gasteiger partial charge in [-0.2, -0.15) is 0 Å². The molecule has 43 heavy (non-hydrogen) atoms. The Balaban J connectivity index is 1.80. The molecule has 0 fully saturated rings. The van der Waals surface area contributed by atoms with Crippen molar-refractivity contribution in [2.75, 3.05) is 42.0 Å². The predicted molar refractivity (Wildman–Crippen MR) is 175 cm³/mol. The number of nitrogens with one attached hydrogen (secondary N) is 1. The van der Waals surface area contributed by atoms with Crippen molar-refractivity contribution in [3.63, 3.8) is 0 Å². The smallest absolute Gasteiger partial charge is 0.316 e. The molecule has 0 saturated heterocycles. The molecule has 0 bridgehead atoms. The number of benzene rings is 4. The lowest BCUT2D eigenvalue weighted by atomic mass is 9.97. The lowest BCUT2D eigenvalue weighted by Crippen LogP contribution is -2.27. The van der Waals surface area contributed by atoms with E-state index in [1.165, 1.54) is 0 Å². The van der Waals surface area contributed by atoms with Crippen LogP contribution in [0.2, 0.25) is 0 Å². The number of nitrogens with zero attached hydrogens (tertiary/aromatic N) is 2. The Hall–Kier alpha value is -4.50. The van der Waals surface area contributed by atoms with Crippen molar-refractivity contribution in [1.82, 2.24) is 0 Å². The van der Waals surface area contributed by atoms with Crippen molar-refractivity contribution < 1.29 is 17.9 Å². The van der Waals surface area contributed by atoms with Gasteiger partial charge in [0.2, 0.25) is 9.84 Å². The van der Waals surface area contributed by atoms with Crippen molar-refractivity contribution in [2.24, 2.45) is 5.41 Å². The second-order valence-electron chi connectivity index (χ2n) is 11.9. The summed E-state index contributed by atoms with van der Waals surface area (Å²) in [4.78, 5) is 17.2. The Bertz CT molecular complexity index is 1710. The van der Waals surface area contributed by atoms with Crippen LogP contribution in [0.1, 0.15) is 31.9 Å². The summed E-state index contributed by atoms with van der Waals surface area (Å²) in [6.45, 7) is 7.73. The van der Waals surface area contributed by atoms with Crippen LogP contribution in [-0.4, -0.2) is 35.5 Å². The molecular weight excluding hydrogens is 560 g/mol. The van der Waals surface area contributed by atoms with Gasteiger partial charge in [0, 0.05) is 56.0 Å². The number of sulfone groups is 1. The van der Waals surface area contributed by atoms with E-state index in [-0.39, 0.29) is 15.8 Å². The highest BCUT2D eigenvalue weighted by molar-refractivity contribution is 7.91. The van der Waals surface area contributed by atoms with E-state index in [9.17, 15) is 13.2 Å². The first-order valence-corrected chi connectivity index (χ1v) is 15.5. The first-order chi connectivity index (χ1) is 20.2. The standard InChI is InChI=1S/C34H40N4O4S/c1-23-19-26(36-30-18-17-28(37(5)6)21-31(30)43(40,41)29-11-9-8-10-12-29)20-24(32(23)42-33(39)34(2,3)4)22-38(7)27-15-13-25(35)14-16-27/h8-21,36H,22,35H2,1-7H3. The van der Waals surface area contributed by atoms with Gasteiger partial charge in [-0.05, 0) is 100.0 Å². The molecule has 0 unspecified atom stereocenters. The van der Waals surface area contributed by atoms with Crippen LogP contribution >= 0.6 is 0 Å². The van der Waals surface area contributed by atoms with Gasteiger partial charge in [-0.3, -0.25) is 4.79 Å². The van der Waals surface area contributed by atoms with Crippen molar-refractivity contribution in [3.8, 4) is 5.75 Å². The molecule has 4 rings (SSSR count). The Labute approximate surface area is 255 Å². The van der Waals surface area contributed by atoms with Crippen LogP contribution in [0.25, 0.3) is 0 Å². The summed E-state index contributed by atoms with van der Waals surface area (Å²) in [5.41, 5.74) is 10.2. The van der Waals surface area contributed by atoms with Crippen LogP contribution in [0.3, 0.4) is 0 Å². The molecule has 0 aliphatic heterocycles. The minimum atomic E-state index is -3.84. The highest BCUT2D eigenvalue weighted by atomic mass is 32.2. The SMILES string of the molecule is Cc1cc(Nc2ccc(N(C)C)cc2S(=O)(=O)c2ccccc2)cc(CN(C)c2ccc(N)cc2)c1OC(=O)C(C)(C)C. The van der Waals surface area contributed by atoms with Crippen molar-refractivity contribution in [2.45, 2.75) is 44.0 Å². The van der Waals surface area contributed by atoms with Gasteiger partial charge < -0.3 is 25.6 Å². The molecule has 0 heterocycles. The second-order valence-corrected chi connectivity index (χ2v) is 13.8. The average Bonchev–Trinajstić information content (AvgIpc) is 2.95. The second kappa shape index (κ2) is 12.4. The van der Waals surface area contributed by atoms with Crippen LogP contribution in [0.15, 0.2) is 94.7 Å². The zero-order chi connectivity index (χ0) is 31.5. The van der Waals surface area contributed by atoms with Gasteiger partial charge in [-0.1, -0.05) is 18.2 Å². The number of anilines is 5. The summed E-state index contributed by atoms with van der Waals surface area (Å²) in [6, 6.07) is 25.0. The minimum Gasteiger partial charge on any atom is -0.425 e. The average molecular weight is 601 g/mol. The molecule has 0 aliphatic carbocycles. The summed E-state index contributed by atoms with van der Waals surface area (Å²) in [6.07, 6.45) is 0. The van der Waals surface area contributed by atoms with E-state index >= 15 is 0 Å². The first-order valence-electron chi connectivity index (χ1n) is 14.0. The fraction of sp³-hybridized carbons (Fsp3) is 0.265. The van der Waals surface area contributed by atoms with E-state index in [4.69, 9.17) is 10.5 Å². The van der Waals surface area contributed by atoms with Gasteiger partial charge in [0.1, 0.15) is 5.75 Å². The number of hydrogen-bond acceptors (Lipinski definition) is 8. The molecule has 0 atom stereocenters. The van der Waals surface area contributed by atoms with E-state index in [1.807, 2.05) is 101 Å². The number of nitrogens with two attached hydrogens (primary N) is 1. The predicted octanol–water partition coefficient (Wildman–Crippen LogP) is 6.81. The number of rotatable bonds is 9. The van der Waals surface area contributed by atoms with Crippen LogP contribution in [0, 0.1) is 12.3 Å². The molecular formula is C34H40N4O4S. The van der Waals surface area contributed by atoms with Crippen LogP contribution in [0.5, 0.6) is 5.75 Å². The van der Waals surface area contributed by atoms with Gasteiger partial charge >= 0.3 is 5.97 Å². The monoisotopic (exact) mass is 600 g/mol. The van der Waals surface area contributed by atoms with Crippen molar-refractivity contribution >= 4 is 44.2 Å². The van der Waals surface area contributed by atoms with Crippen molar-refractivity contribution in [3.05, 3.63) is 96.1 Å². The molecule has 4 aromatic rings. The van der Waals surface area contributed by atoms with E-state index in [2.05, 4.69) is 5.32 Å². The molecule has 9 heteroatoms. The molecule has 0 radical (unpaired) electrons. The normalized spacial score (nSPS) is 11.6. The molecule has 3 N–H and O–H groups in total. The molecule has 4 aromatic carbocycles. The van der Waals surface area contributed by atoms with E-state index < -0.39 is 15.3 Å². The molecule has 0 aliphatic rings. The third kappa shape index (κ3) is 7.29. The fourth-order valence-electron chi connectivity index (χ4n) is 4.50. The quantitative estimate of drug-likeness (QED) is 0.123. The Morgan fingerprint density at radius 1 is 0.884 bits per heavy atom. The largest absolute Gasteiger partial charge is 0.425 e. The van der Waals surface area contributed by atoms with Gasteiger partial charge in [-0.15, -0.1) is 0 Å². The maximum Gasteiger partial charge on any atom is 0.316 e. The van der Waals surface area contributed by atoms with Gasteiger partial charge in [0.05, 0.1) is 20.9 Å². The van der Waals surface area contributed by atoms with Gasteiger partial charge in [0.25, 0.3) is 0 Å². The highest BCUT2D eigenvalue weighted by Gasteiger charge is 2.27. The Morgan fingerprint density at radius 2 is 1.51 bits per heavy atom. The summed E-state index contributed by atoms with van der Waals surface area (Å²) < 4.78 is 33.6. The number of nitrogen functional groups attached to an aromatic ring is 1. The maximum absolute atomic E-state index is 13.8. The highest BCUT2D eigenvalue weighted by Crippen LogP contribution is 2.36. The number of ether oxygens (including phenoxy) is 1. The minimum absolute atomic E-state index is 0.159.